The lowest BCUT2D eigenvalue weighted by atomic mass is 10.2. The molecular formula is C21H18ClFN2O2. The van der Waals surface area contributed by atoms with Gasteiger partial charge < -0.3 is 4.74 Å². The lowest BCUT2D eigenvalue weighted by Gasteiger charge is -2.22. The Morgan fingerprint density at radius 2 is 2.00 bits per heavy atom. The second-order valence-corrected chi connectivity index (χ2v) is 6.40. The zero-order valence-corrected chi connectivity index (χ0v) is 15.5. The fourth-order valence-corrected chi connectivity index (χ4v) is 2.68. The molecule has 0 spiro atoms. The van der Waals surface area contributed by atoms with E-state index in [-0.39, 0.29) is 24.9 Å². The van der Waals surface area contributed by atoms with Gasteiger partial charge in [-0.3, -0.25) is 9.69 Å². The molecule has 0 saturated heterocycles. The minimum Gasteiger partial charge on any atom is -0.484 e. The maximum atomic E-state index is 13.5. The van der Waals surface area contributed by atoms with Gasteiger partial charge in [-0.25, -0.2) is 9.37 Å². The Morgan fingerprint density at radius 1 is 1.15 bits per heavy atom. The van der Waals surface area contributed by atoms with Gasteiger partial charge in [-0.1, -0.05) is 29.8 Å². The third kappa shape index (κ3) is 5.05. The van der Waals surface area contributed by atoms with Crippen LogP contribution in [0.4, 0.5) is 10.2 Å². The first-order valence-electron chi connectivity index (χ1n) is 8.38. The second kappa shape index (κ2) is 8.64. The maximum Gasteiger partial charge on any atom is 0.266 e. The van der Waals surface area contributed by atoms with E-state index < -0.39 is 0 Å². The van der Waals surface area contributed by atoms with E-state index >= 15 is 0 Å². The van der Waals surface area contributed by atoms with Crippen molar-refractivity contribution >= 4 is 23.3 Å². The van der Waals surface area contributed by atoms with Gasteiger partial charge in [-0.15, -0.1) is 0 Å². The number of aromatic nitrogens is 1. The van der Waals surface area contributed by atoms with Gasteiger partial charge in [-0.2, -0.15) is 0 Å². The highest BCUT2D eigenvalue weighted by atomic mass is 35.5. The molecule has 27 heavy (non-hydrogen) atoms. The number of pyridine rings is 1. The number of carbonyl (C=O) groups excluding carboxylic acids is 1. The topological polar surface area (TPSA) is 42.4 Å². The van der Waals surface area contributed by atoms with E-state index in [2.05, 4.69) is 4.98 Å². The Kier molecular flexibility index (Phi) is 6.04. The highest BCUT2D eigenvalue weighted by Crippen LogP contribution is 2.21. The molecule has 0 aliphatic rings. The van der Waals surface area contributed by atoms with Crippen LogP contribution < -0.4 is 9.64 Å². The monoisotopic (exact) mass is 384 g/mol. The molecule has 2 aromatic carbocycles. The van der Waals surface area contributed by atoms with Crippen LogP contribution in [0.15, 0.2) is 66.9 Å². The fourth-order valence-electron chi connectivity index (χ4n) is 2.56. The molecule has 1 aromatic heterocycles. The maximum absolute atomic E-state index is 13.5. The molecule has 3 rings (SSSR count). The fraction of sp³-hybridized carbons (Fsp3) is 0.143. The second-order valence-electron chi connectivity index (χ2n) is 6.00. The van der Waals surface area contributed by atoms with E-state index in [0.717, 1.165) is 5.56 Å². The first-order chi connectivity index (χ1) is 13.0. The van der Waals surface area contributed by atoms with Crippen LogP contribution in [-0.4, -0.2) is 17.5 Å². The zero-order valence-electron chi connectivity index (χ0n) is 14.7. The molecule has 138 valence electrons. The molecule has 4 nitrogen and oxygen atoms in total. The number of anilines is 1. The van der Waals surface area contributed by atoms with Gasteiger partial charge >= 0.3 is 0 Å². The summed E-state index contributed by atoms with van der Waals surface area (Å²) in [6.45, 7) is 1.88. The molecule has 0 fully saturated rings. The molecule has 0 unspecified atom stereocenters. The van der Waals surface area contributed by atoms with Crippen molar-refractivity contribution in [3.8, 4) is 5.75 Å². The van der Waals surface area contributed by atoms with Crippen LogP contribution in [0.25, 0.3) is 0 Å². The summed E-state index contributed by atoms with van der Waals surface area (Å²) in [7, 11) is 0. The number of hydrogen-bond acceptors (Lipinski definition) is 3. The average molecular weight is 385 g/mol. The number of rotatable bonds is 6. The Morgan fingerprint density at radius 3 is 2.70 bits per heavy atom. The summed E-state index contributed by atoms with van der Waals surface area (Å²) in [6, 6.07) is 16.6. The quantitative estimate of drug-likeness (QED) is 0.613. The summed E-state index contributed by atoms with van der Waals surface area (Å²) >= 11 is 6.01. The van der Waals surface area contributed by atoms with Crippen LogP contribution in [0.3, 0.4) is 0 Å². The number of benzene rings is 2. The minimum atomic E-state index is -0.353. The molecule has 0 saturated carbocycles. The zero-order chi connectivity index (χ0) is 19.2. The van der Waals surface area contributed by atoms with E-state index in [4.69, 9.17) is 16.3 Å². The Balaban J connectivity index is 1.77. The van der Waals surface area contributed by atoms with Crippen LogP contribution in [0, 0.1) is 12.7 Å². The largest absolute Gasteiger partial charge is 0.484 e. The number of halogens is 2. The predicted molar refractivity (Wildman–Crippen MR) is 104 cm³/mol. The molecule has 6 heteroatoms. The van der Waals surface area contributed by atoms with E-state index in [1.165, 1.54) is 17.0 Å². The predicted octanol–water partition coefficient (Wildman–Crippen LogP) is 4.79. The Bertz CT molecular complexity index is 934. The highest BCUT2D eigenvalue weighted by molar-refractivity contribution is 6.31. The third-order valence-corrected chi connectivity index (χ3v) is 4.37. The van der Waals surface area contributed by atoms with Crippen LogP contribution >= 0.6 is 11.6 Å². The third-order valence-electron chi connectivity index (χ3n) is 3.95. The smallest absolute Gasteiger partial charge is 0.266 e. The molecule has 0 N–H and O–H groups in total. The summed E-state index contributed by atoms with van der Waals surface area (Å²) in [5, 5.41) is 0.634. The van der Waals surface area contributed by atoms with Crippen molar-refractivity contribution in [3.63, 3.8) is 0 Å². The van der Waals surface area contributed by atoms with Crippen molar-refractivity contribution in [1.29, 1.82) is 0 Å². The van der Waals surface area contributed by atoms with Gasteiger partial charge in [0.1, 0.15) is 17.4 Å². The lowest BCUT2D eigenvalue weighted by Crippen LogP contribution is -2.35. The summed E-state index contributed by atoms with van der Waals surface area (Å²) in [5.74, 6) is 0.388. The molecule has 0 aliphatic heterocycles. The van der Waals surface area contributed by atoms with E-state index in [1.807, 2.05) is 6.92 Å². The number of hydrogen-bond donors (Lipinski definition) is 0. The van der Waals surface area contributed by atoms with E-state index in [1.54, 1.807) is 54.7 Å². The van der Waals surface area contributed by atoms with E-state index in [9.17, 15) is 9.18 Å². The minimum absolute atomic E-state index is 0.174. The van der Waals surface area contributed by atoms with Gasteiger partial charge in [0.2, 0.25) is 0 Å². The molecule has 1 amide bonds. The summed E-state index contributed by atoms with van der Waals surface area (Å²) < 4.78 is 19.1. The molecular weight excluding hydrogens is 367 g/mol. The van der Waals surface area contributed by atoms with Crippen LogP contribution in [-0.2, 0) is 11.3 Å². The SMILES string of the molecule is Cc1cc(OCC(=O)N(Cc2cccc(F)c2)c2ccccn2)ccc1Cl. The van der Waals surface area contributed by atoms with Crippen LogP contribution in [0.1, 0.15) is 11.1 Å². The van der Waals surface area contributed by atoms with Gasteiger partial charge in [-0.05, 0) is 60.5 Å². The van der Waals surface area contributed by atoms with Gasteiger partial charge in [0.15, 0.2) is 6.61 Å². The first kappa shape index (κ1) is 18.9. The first-order valence-corrected chi connectivity index (χ1v) is 8.75. The van der Waals surface area contributed by atoms with Crippen molar-refractivity contribution in [2.45, 2.75) is 13.5 Å². The summed E-state index contributed by atoms with van der Waals surface area (Å²) in [6.07, 6.45) is 1.60. The van der Waals surface area contributed by atoms with Gasteiger partial charge in [0, 0.05) is 11.2 Å². The van der Waals surface area contributed by atoms with Crippen molar-refractivity contribution in [2.24, 2.45) is 0 Å². The normalized spacial score (nSPS) is 10.5. The number of aryl methyl sites for hydroxylation is 1. The molecule has 3 aromatic rings. The number of amides is 1. The van der Waals surface area contributed by atoms with Crippen molar-refractivity contribution in [1.82, 2.24) is 4.98 Å². The molecule has 1 heterocycles. The standard InChI is InChI=1S/C21H18ClFN2O2/c1-15-11-18(8-9-19(15)22)27-14-21(26)25(20-7-2-3-10-24-20)13-16-5-4-6-17(23)12-16/h2-12H,13-14H2,1H3. The Hall–Kier alpha value is -2.92. The Labute approximate surface area is 162 Å². The molecule has 0 radical (unpaired) electrons. The summed E-state index contributed by atoms with van der Waals surface area (Å²) in [4.78, 5) is 18.5. The van der Waals surface area contributed by atoms with Crippen molar-refractivity contribution in [2.75, 3.05) is 11.5 Å². The number of nitrogens with zero attached hydrogens (tertiary/aromatic N) is 2. The number of ether oxygens (including phenoxy) is 1. The van der Waals surface area contributed by atoms with E-state index in [0.29, 0.717) is 22.2 Å². The molecule has 0 aliphatic carbocycles. The number of carbonyl (C=O) groups is 1. The van der Waals surface area contributed by atoms with Crippen molar-refractivity contribution in [3.05, 3.63) is 88.8 Å². The van der Waals surface area contributed by atoms with Gasteiger partial charge in [0.05, 0.1) is 6.54 Å². The summed E-state index contributed by atoms with van der Waals surface area (Å²) in [5.41, 5.74) is 1.53. The lowest BCUT2D eigenvalue weighted by molar-refractivity contribution is -0.120. The molecule has 0 atom stereocenters. The average Bonchev–Trinajstić information content (AvgIpc) is 2.67. The van der Waals surface area contributed by atoms with Crippen molar-refractivity contribution < 1.29 is 13.9 Å². The van der Waals surface area contributed by atoms with Crippen LogP contribution in [0.5, 0.6) is 5.75 Å². The molecule has 0 bridgehead atoms. The van der Waals surface area contributed by atoms with Crippen LogP contribution in [0.2, 0.25) is 5.02 Å². The highest BCUT2D eigenvalue weighted by Gasteiger charge is 2.18. The van der Waals surface area contributed by atoms with Gasteiger partial charge in [0.25, 0.3) is 5.91 Å².